The monoisotopic (exact) mass is 762 g/mol. The number of pyridine rings is 2. The number of aromatic nitrogens is 8. The molecule has 0 spiro atoms. The zero-order valence-electron chi connectivity index (χ0n) is 29.9. The Morgan fingerprint density at radius 2 is 1.00 bits per heavy atom. The molecule has 282 valence electrons. The second-order valence-corrected chi connectivity index (χ2v) is 12.7. The number of imidazole rings is 2. The van der Waals surface area contributed by atoms with Gasteiger partial charge in [0.1, 0.15) is 23.1 Å². The number of aryl methyl sites for hydroxylation is 6. The second kappa shape index (κ2) is 13.5. The van der Waals surface area contributed by atoms with Crippen molar-refractivity contribution in [3.05, 3.63) is 107 Å². The summed E-state index contributed by atoms with van der Waals surface area (Å²) in [5, 5.41) is 0. The predicted molar refractivity (Wildman–Crippen MR) is 189 cm³/mol. The van der Waals surface area contributed by atoms with E-state index in [4.69, 9.17) is 0 Å². The fourth-order valence-electron chi connectivity index (χ4n) is 6.62. The van der Waals surface area contributed by atoms with Crippen LogP contribution in [0.2, 0.25) is 0 Å². The Bertz CT molecular complexity index is 2790. The van der Waals surface area contributed by atoms with Gasteiger partial charge >= 0.3 is 12.7 Å². The van der Waals surface area contributed by atoms with Gasteiger partial charge < -0.3 is 9.47 Å². The minimum atomic E-state index is -4.81. The Balaban J connectivity index is 0.000000169. The van der Waals surface area contributed by atoms with Gasteiger partial charge in [-0.2, -0.15) is 4.39 Å². The number of hydrogen-bond acceptors (Lipinski definition) is 8. The van der Waals surface area contributed by atoms with Gasteiger partial charge in [0, 0.05) is 35.7 Å². The van der Waals surface area contributed by atoms with Gasteiger partial charge in [-0.3, -0.25) is 13.8 Å². The van der Waals surface area contributed by atoms with E-state index >= 15 is 0 Å². The Kier molecular flexibility index (Phi) is 9.05. The smallest absolute Gasteiger partial charge is 0.406 e. The summed E-state index contributed by atoms with van der Waals surface area (Å²) in [7, 11) is 0. The summed E-state index contributed by atoms with van der Waals surface area (Å²) in [6, 6.07) is 12.7. The quantitative estimate of drug-likeness (QED) is 0.129. The van der Waals surface area contributed by atoms with Crippen molar-refractivity contribution in [2.45, 2.75) is 54.3 Å². The number of rotatable bonds is 4. The van der Waals surface area contributed by atoms with Crippen LogP contribution < -0.4 is 9.47 Å². The van der Waals surface area contributed by atoms with E-state index in [1.165, 1.54) is 42.5 Å². The zero-order chi connectivity index (χ0) is 39.6. The fourth-order valence-corrected chi connectivity index (χ4v) is 6.62. The third-order valence-electron chi connectivity index (χ3n) is 8.78. The number of fused-ring (bicyclic) bond motifs is 6. The van der Waals surface area contributed by atoms with Crippen LogP contribution in [0.1, 0.15) is 34.0 Å². The largest absolute Gasteiger partial charge is 0.573 e. The van der Waals surface area contributed by atoms with Crippen LogP contribution in [0, 0.1) is 47.5 Å². The third kappa shape index (κ3) is 7.16. The van der Waals surface area contributed by atoms with Gasteiger partial charge in [0.25, 0.3) is 0 Å². The minimum Gasteiger partial charge on any atom is -0.406 e. The third-order valence-corrected chi connectivity index (χ3v) is 8.78. The van der Waals surface area contributed by atoms with E-state index in [0.29, 0.717) is 61.9 Å². The molecule has 0 radical (unpaired) electrons. The van der Waals surface area contributed by atoms with Crippen molar-refractivity contribution in [1.82, 2.24) is 38.7 Å². The molecule has 6 heterocycles. The molecular weight excluding hydrogens is 733 g/mol. The first-order chi connectivity index (χ1) is 25.9. The Morgan fingerprint density at radius 3 is 1.45 bits per heavy atom. The van der Waals surface area contributed by atoms with Gasteiger partial charge in [-0.1, -0.05) is 0 Å². The highest BCUT2D eigenvalue weighted by atomic mass is 19.4. The summed E-state index contributed by atoms with van der Waals surface area (Å²) in [5.74, 6) is -0.243. The Labute approximate surface area is 307 Å². The van der Waals surface area contributed by atoms with Gasteiger partial charge in [0.05, 0.1) is 61.6 Å². The number of benzene rings is 2. The predicted octanol–water partition coefficient (Wildman–Crippen LogP) is 9.68. The van der Waals surface area contributed by atoms with Crippen molar-refractivity contribution in [3.63, 3.8) is 0 Å². The maximum atomic E-state index is 13.4. The van der Waals surface area contributed by atoms with Crippen LogP contribution in [0.3, 0.4) is 0 Å². The van der Waals surface area contributed by atoms with Crippen molar-refractivity contribution >= 4 is 33.1 Å². The number of ether oxygens (including phenoxy) is 2. The minimum absolute atomic E-state index is 0.304. The highest BCUT2D eigenvalue weighted by Crippen LogP contribution is 2.34. The standard InChI is InChI=1S/C19H14F4N4O.C19H15F3N4O/c1-9-13(5-7-16(20)25-9)18-26-11(3)17-10(2)24-14-6-4-12(28-19(21,22)23)8-15(14)27(17)18;1-10-6-7-23-9-14(10)18-25-12(3)17-11(2)24-15-5-4-13(27-19(20,21)22)8-16(15)26(17)18/h4-8H,1-3H3;4-9H,1-3H3. The van der Waals surface area contributed by atoms with E-state index in [1.807, 2.05) is 31.2 Å². The summed E-state index contributed by atoms with van der Waals surface area (Å²) in [4.78, 5) is 26.2. The zero-order valence-corrected chi connectivity index (χ0v) is 29.9. The van der Waals surface area contributed by atoms with Crippen molar-refractivity contribution < 1.29 is 40.2 Å². The molecule has 0 unspecified atom stereocenters. The van der Waals surface area contributed by atoms with E-state index in [1.54, 1.807) is 43.6 Å². The highest BCUT2D eigenvalue weighted by molar-refractivity contribution is 5.86. The lowest BCUT2D eigenvalue weighted by Crippen LogP contribution is -2.17. The van der Waals surface area contributed by atoms with Crippen molar-refractivity contribution in [2.24, 2.45) is 0 Å². The molecule has 2 aromatic carbocycles. The lowest BCUT2D eigenvalue weighted by atomic mass is 10.1. The molecule has 0 aliphatic carbocycles. The van der Waals surface area contributed by atoms with Crippen LogP contribution >= 0.6 is 0 Å². The maximum Gasteiger partial charge on any atom is 0.573 e. The van der Waals surface area contributed by atoms with Gasteiger partial charge in [-0.15, -0.1) is 26.3 Å². The van der Waals surface area contributed by atoms with E-state index in [-0.39, 0.29) is 11.5 Å². The molecule has 0 fully saturated rings. The van der Waals surface area contributed by atoms with Crippen LogP contribution in [0.4, 0.5) is 30.7 Å². The highest BCUT2D eigenvalue weighted by Gasteiger charge is 2.32. The van der Waals surface area contributed by atoms with E-state index < -0.39 is 18.7 Å². The van der Waals surface area contributed by atoms with Crippen LogP contribution in [-0.4, -0.2) is 51.4 Å². The molecule has 17 heteroatoms. The molecule has 10 nitrogen and oxygen atoms in total. The first-order valence-electron chi connectivity index (χ1n) is 16.5. The van der Waals surface area contributed by atoms with Crippen LogP contribution in [-0.2, 0) is 0 Å². The number of hydrogen-bond donors (Lipinski definition) is 0. The van der Waals surface area contributed by atoms with Crippen molar-refractivity contribution in [2.75, 3.05) is 0 Å². The summed E-state index contributed by atoms with van der Waals surface area (Å²) in [6.45, 7) is 10.8. The fraction of sp³-hybridized carbons (Fsp3) is 0.211. The maximum absolute atomic E-state index is 13.4. The van der Waals surface area contributed by atoms with Gasteiger partial charge in [-0.05, 0) is 89.6 Å². The lowest BCUT2D eigenvalue weighted by molar-refractivity contribution is -0.275. The molecule has 0 aliphatic heterocycles. The number of alkyl halides is 6. The van der Waals surface area contributed by atoms with Gasteiger partial charge in [0.15, 0.2) is 0 Å². The molecule has 55 heavy (non-hydrogen) atoms. The second-order valence-electron chi connectivity index (χ2n) is 12.7. The number of halogens is 7. The average molecular weight is 763 g/mol. The van der Waals surface area contributed by atoms with E-state index in [9.17, 15) is 30.7 Å². The molecule has 8 aromatic rings. The van der Waals surface area contributed by atoms with E-state index in [2.05, 4.69) is 39.4 Å². The lowest BCUT2D eigenvalue weighted by Gasteiger charge is -2.12. The average Bonchev–Trinajstić information content (AvgIpc) is 3.62. The molecule has 0 aliphatic rings. The molecule has 0 saturated carbocycles. The first kappa shape index (κ1) is 36.9. The normalized spacial score (nSPS) is 12.1. The Hall–Kier alpha value is -6.39. The summed E-state index contributed by atoms with van der Waals surface area (Å²) in [6.07, 6.45) is -6.20. The van der Waals surface area contributed by atoms with Crippen LogP contribution in [0.15, 0.2) is 67.0 Å². The van der Waals surface area contributed by atoms with Gasteiger partial charge in [0.2, 0.25) is 5.95 Å². The molecule has 0 bridgehead atoms. The molecule has 0 N–H and O–H groups in total. The molecule has 8 rings (SSSR count). The Morgan fingerprint density at radius 1 is 0.527 bits per heavy atom. The SMILES string of the molecule is Cc1ccncc1-c1nc(C)c2c(C)nc3ccc(OC(F)(F)F)cc3n12.Cc1nc(F)ccc1-c1nc(C)c2c(C)nc3ccc(OC(F)(F)F)cc3n12. The molecule has 0 saturated heterocycles. The molecule has 6 aromatic heterocycles. The topological polar surface area (TPSA) is 105 Å². The van der Waals surface area contributed by atoms with Crippen molar-refractivity contribution in [3.8, 4) is 34.3 Å². The first-order valence-corrected chi connectivity index (χ1v) is 16.5. The van der Waals surface area contributed by atoms with Crippen molar-refractivity contribution in [1.29, 1.82) is 0 Å². The van der Waals surface area contributed by atoms with Crippen LogP contribution in [0.25, 0.3) is 55.9 Å². The summed E-state index contributed by atoms with van der Waals surface area (Å²) < 4.78 is 101. The van der Waals surface area contributed by atoms with E-state index in [0.717, 1.165) is 28.0 Å². The summed E-state index contributed by atoms with van der Waals surface area (Å²) in [5.41, 5.74) is 8.85. The molecule has 0 amide bonds. The van der Waals surface area contributed by atoms with Gasteiger partial charge in [-0.25, -0.2) is 24.9 Å². The molecular formula is C38H29F7N8O2. The molecule has 0 atom stereocenters. The summed E-state index contributed by atoms with van der Waals surface area (Å²) >= 11 is 0. The van der Waals surface area contributed by atoms with Crippen LogP contribution in [0.5, 0.6) is 11.5 Å². The number of nitrogens with zero attached hydrogens (tertiary/aromatic N) is 8.